The first kappa shape index (κ1) is 14.3. The molecule has 0 saturated carbocycles. The van der Waals surface area contributed by atoms with Crippen molar-refractivity contribution in [1.82, 2.24) is 5.32 Å². The Balaban J connectivity index is 1.97. The van der Waals surface area contributed by atoms with Crippen molar-refractivity contribution < 1.29 is 4.79 Å². The topological polar surface area (TPSA) is 52.9 Å². The minimum atomic E-state index is -0.113. The average Bonchev–Trinajstić information content (AvgIpc) is 2.93. The maximum atomic E-state index is 11.9. The molecule has 3 nitrogen and oxygen atoms in total. The largest absolute Gasteiger partial charge is 0.349 e. The van der Waals surface area contributed by atoms with Gasteiger partial charge in [-0.2, -0.15) is 5.26 Å². The van der Waals surface area contributed by atoms with Crippen molar-refractivity contribution in [3.63, 3.8) is 0 Å². The van der Waals surface area contributed by atoms with E-state index in [0.29, 0.717) is 16.6 Å². The summed E-state index contributed by atoms with van der Waals surface area (Å²) in [5.41, 5.74) is 1.93. The summed E-state index contributed by atoms with van der Waals surface area (Å²) in [6.07, 6.45) is 0.333. The number of benzene rings is 1. The molecule has 0 radical (unpaired) electrons. The van der Waals surface area contributed by atoms with Crippen molar-refractivity contribution in [2.45, 2.75) is 24.0 Å². The van der Waals surface area contributed by atoms with Crippen molar-refractivity contribution in [1.29, 1.82) is 5.26 Å². The molecular formula is C14H16N2OS2. The van der Waals surface area contributed by atoms with Gasteiger partial charge in [-0.05, 0) is 24.6 Å². The first-order valence-electron chi connectivity index (χ1n) is 6.21. The molecule has 1 saturated heterocycles. The predicted octanol–water partition coefficient (Wildman–Crippen LogP) is 3.20. The van der Waals surface area contributed by atoms with E-state index in [1.54, 1.807) is 0 Å². The van der Waals surface area contributed by atoms with Gasteiger partial charge in [-0.3, -0.25) is 4.79 Å². The molecule has 2 rings (SSSR count). The molecule has 1 amide bonds. The number of amides is 1. The molecular weight excluding hydrogens is 276 g/mol. The molecule has 5 heteroatoms. The van der Waals surface area contributed by atoms with Crippen LogP contribution in [0.1, 0.15) is 33.8 Å². The molecule has 1 aliphatic rings. The Hall–Kier alpha value is -1.12. The van der Waals surface area contributed by atoms with Crippen molar-refractivity contribution in [3.8, 4) is 6.07 Å². The van der Waals surface area contributed by atoms with Crippen LogP contribution in [-0.2, 0) is 0 Å². The fraction of sp³-hybridized carbons (Fsp3) is 0.429. The third-order valence-corrected chi connectivity index (χ3v) is 5.95. The lowest BCUT2D eigenvalue weighted by atomic mass is 10.1. The highest BCUT2D eigenvalue weighted by Crippen LogP contribution is 2.45. The van der Waals surface area contributed by atoms with Gasteiger partial charge in [0.05, 0.1) is 17.1 Å². The number of hydrogen-bond donors (Lipinski definition) is 1. The number of hydrogen-bond acceptors (Lipinski definition) is 4. The van der Waals surface area contributed by atoms with Crippen molar-refractivity contribution in [2.24, 2.45) is 0 Å². The van der Waals surface area contributed by atoms with Gasteiger partial charge in [-0.25, -0.2) is 0 Å². The van der Waals surface area contributed by atoms with E-state index in [-0.39, 0.29) is 11.9 Å². The molecule has 1 aromatic carbocycles. The van der Waals surface area contributed by atoms with E-state index in [1.807, 2.05) is 54.7 Å². The minimum absolute atomic E-state index is 0.110. The normalized spacial score (nSPS) is 16.8. The first-order valence-corrected chi connectivity index (χ1v) is 8.31. The Bertz CT molecular complexity index is 475. The van der Waals surface area contributed by atoms with Gasteiger partial charge in [0, 0.05) is 23.1 Å². The number of nitrogens with zero attached hydrogens (tertiary/aromatic N) is 1. The van der Waals surface area contributed by atoms with Crippen LogP contribution in [0.25, 0.3) is 0 Å². The highest BCUT2D eigenvalue weighted by atomic mass is 32.2. The van der Waals surface area contributed by atoms with Crippen molar-refractivity contribution in [3.05, 3.63) is 35.4 Å². The molecule has 0 bridgehead atoms. The van der Waals surface area contributed by atoms with E-state index >= 15 is 0 Å². The molecule has 0 aliphatic carbocycles. The zero-order valence-electron chi connectivity index (χ0n) is 10.8. The molecule has 1 heterocycles. The summed E-state index contributed by atoms with van der Waals surface area (Å²) in [4.78, 5) is 11.9. The Morgan fingerprint density at radius 2 is 2.05 bits per heavy atom. The van der Waals surface area contributed by atoms with Gasteiger partial charge in [0.2, 0.25) is 0 Å². The highest BCUT2D eigenvalue weighted by Gasteiger charge is 2.18. The summed E-state index contributed by atoms with van der Waals surface area (Å²) in [7, 11) is 0. The summed E-state index contributed by atoms with van der Waals surface area (Å²) in [5, 5.41) is 11.4. The van der Waals surface area contributed by atoms with E-state index in [9.17, 15) is 4.79 Å². The standard InChI is InChI=1S/C14H16N2OS2/c1-10(6-7-15)16-13(17)11-2-4-12(5-3-11)14-18-8-9-19-14/h2-5,10,14H,6,8-9H2,1H3,(H,16,17). The Kier molecular flexibility index (Phi) is 5.17. The number of nitrogens with one attached hydrogen (secondary N) is 1. The summed E-state index contributed by atoms with van der Waals surface area (Å²) in [6.45, 7) is 1.83. The van der Waals surface area contributed by atoms with Gasteiger partial charge >= 0.3 is 0 Å². The molecule has 1 atom stereocenters. The number of carbonyl (C=O) groups is 1. The lowest BCUT2D eigenvalue weighted by Gasteiger charge is -2.12. The van der Waals surface area contributed by atoms with E-state index in [0.717, 1.165) is 0 Å². The van der Waals surface area contributed by atoms with Gasteiger partial charge in [-0.1, -0.05) is 12.1 Å². The molecule has 1 aromatic rings. The predicted molar refractivity (Wildman–Crippen MR) is 81.3 cm³/mol. The SMILES string of the molecule is CC(CC#N)NC(=O)c1ccc(C2SCCS2)cc1. The fourth-order valence-electron chi connectivity index (χ4n) is 1.84. The van der Waals surface area contributed by atoms with Gasteiger partial charge in [-0.15, -0.1) is 23.5 Å². The number of rotatable bonds is 4. The van der Waals surface area contributed by atoms with Crippen LogP contribution in [0.5, 0.6) is 0 Å². The maximum absolute atomic E-state index is 11.9. The minimum Gasteiger partial charge on any atom is -0.349 e. The maximum Gasteiger partial charge on any atom is 0.251 e. The highest BCUT2D eigenvalue weighted by molar-refractivity contribution is 8.19. The fourth-order valence-corrected chi connectivity index (χ4v) is 4.70. The van der Waals surface area contributed by atoms with E-state index in [1.165, 1.54) is 17.1 Å². The Morgan fingerprint density at radius 3 is 2.63 bits per heavy atom. The van der Waals surface area contributed by atoms with Gasteiger partial charge in [0.15, 0.2) is 0 Å². The zero-order valence-corrected chi connectivity index (χ0v) is 12.4. The molecule has 0 spiro atoms. The summed E-state index contributed by atoms with van der Waals surface area (Å²) >= 11 is 3.91. The van der Waals surface area contributed by atoms with Crippen LogP contribution in [0.15, 0.2) is 24.3 Å². The zero-order chi connectivity index (χ0) is 13.7. The van der Waals surface area contributed by atoms with Gasteiger partial charge < -0.3 is 5.32 Å². The Labute approximate surface area is 122 Å². The van der Waals surface area contributed by atoms with Crippen LogP contribution in [0, 0.1) is 11.3 Å². The molecule has 1 N–H and O–H groups in total. The molecule has 1 unspecified atom stereocenters. The second-order valence-corrected chi connectivity index (χ2v) is 7.16. The smallest absolute Gasteiger partial charge is 0.251 e. The van der Waals surface area contributed by atoms with Crippen LogP contribution >= 0.6 is 23.5 Å². The van der Waals surface area contributed by atoms with E-state index in [2.05, 4.69) is 11.4 Å². The lowest BCUT2D eigenvalue weighted by molar-refractivity contribution is 0.0941. The molecule has 19 heavy (non-hydrogen) atoms. The summed E-state index contributed by atoms with van der Waals surface area (Å²) in [6, 6.07) is 9.72. The summed E-state index contributed by atoms with van der Waals surface area (Å²) < 4.78 is 0.509. The summed E-state index contributed by atoms with van der Waals surface area (Å²) in [5.74, 6) is 2.29. The average molecular weight is 292 g/mol. The lowest BCUT2D eigenvalue weighted by Crippen LogP contribution is -2.32. The Morgan fingerprint density at radius 1 is 1.42 bits per heavy atom. The number of carbonyl (C=O) groups excluding carboxylic acids is 1. The third kappa shape index (κ3) is 3.92. The number of thioether (sulfide) groups is 2. The molecule has 1 fully saturated rings. The monoisotopic (exact) mass is 292 g/mol. The van der Waals surface area contributed by atoms with E-state index < -0.39 is 0 Å². The molecule has 100 valence electrons. The van der Waals surface area contributed by atoms with Gasteiger partial charge in [0.1, 0.15) is 0 Å². The van der Waals surface area contributed by atoms with Crippen molar-refractivity contribution >= 4 is 29.4 Å². The van der Waals surface area contributed by atoms with E-state index in [4.69, 9.17) is 5.26 Å². The second-order valence-electron chi connectivity index (χ2n) is 4.43. The van der Waals surface area contributed by atoms with Crippen molar-refractivity contribution in [2.75, 3.05) is 11.5 Å². The van der Waals surface area contributed by atoms with Crippen LogP contribution in [-0.4, -0.2) is 23.5 Å². The van der Waals surface area contributed by atoms with Crippen LogP contribution in [0.3, 0.4) is 0 Å². The molecule has 1 aliphatic heterocycles. The third-order valence-electron chi connectivity index (χ3n) is 2.84. The number of nitriles is 1. The second kappa shape index (κ2) is 6.88. The molecule has 0 aromatic heterocycles. The van der Waals surface area contributed by atoms with Crippen LogP contribution < -0.4 is 5.32 Å². The van der Waals surface area contributed by atoms with Crippen LogP contribution in [0.2, 0.25) is 0 Å². The van der Waals surface area contributed by atoms with Crippen LogP contribution in [0.4, 0.5) is 0 Å². The van der Waals surface area contributed by atoms with Gasteiger partial charge in [0.25, 0.3) is 5.91 Å². The quantitative estimate of drug-likeness (QED) is 0.926. The first-order chi connectivity index (χ1) is 9.20.